The monoisotopic (exact) mass is 241 g/mol. The van der Waals surface area contributed by atoms with Gasteiger partial charge in [0.1, 0.15) is 0 Å². The quantitative estimate of drug-likeness (QED) is 0.817. The Morgan fingerprint density at radius 2 is 2.31 bits per heavy atom. The van der Waals surface area contributed by atoms with Crippen molar-refractivity contribution in [3.63, 3.8) is 0 Å². The normalized spacial score (nSPS) is 9.88. The molecule has 0 atom stereocenters. The van der Waals surface area contributed by atoms with E-state index in [0.29, 0.717) is 6.54 Å². The van der Waals surface area contributed by atoms with E-state index in [1.807, 2.05) is 17.5 Å². The Morgan fingerprint density at radius 1 is 1.56 bits per heavy atom. The topological polar surface area (TPSA) is 75.4 Å². The van der Waals surface area contributed by atoms with Gasteiger partial charge in [-0.2, -0.15) is 0 Å². The number of nitrogens with two attached hydrogens (primary N) is 1. The van der Waals surface area contributed by atoms with Crippen molar-refractivity contribution in [1.29, 1.82) is 0 Å². The fraction of sp³-hybridized carbons (Fsp3) is 0.400. The second-order valence-corrected chi connectivity index (χ2v) is 4.23. The molecule has 1 aromatic heterocycles. The lowest BCUT2D eigenvalue weighted by atomic mass is 10.4. The first-order valence-corrected chi connectivity index (χ1v) is 5.81. The summed E-state index contributed by atoms with van der Waals surface area (Å²) in [6, 6.07) is 3.44. The molecule has 0 saturated heterocycles. The number of hydrogen-bond donors (Lipinski definition) is 2. The number of carbonyl (C=O) groups is 2. The molecule has 1 aromatic rings. The average molecular weight is 241 g/mol. The van der Waals surface area contributed by atoms with Gasteiger partial charge in [0.25, 0.3) is 0 Å². The molecular weight excluding hydrogens is 226 g/mol. The molecule has 0 aliphatic heterocycles. The number of nitrogens with zero attached hydrogens (tertiary/aromatic N) is 1. The summed E-state index contributed by atoms with van der Waals surface area (Å²) in [7, 11) is 0. The van der Waals surface area contributed by atoms with E-state index in [-0.39, 0.29) is 19.0 Å². The van der Waals surface area contributed by atoms with E-state index < -0.39 is 6.03 Å². The predicted molar refractivity (Wildman–Crippen MR) is 63.0 cm³/mol. The van der Waals surface area contributed by atoms with Gasteiger partial charge >= 0.3 is 6.03 Å². The summed E-state index contributed by atoms with van der Waals surface area (Å²) < 4.78 is 0. The minimum atomic E-state index is -0.397. The van der Waals surface area contributed by atoms with Crippen LogP contribution >= 0.6 is 11.3 Å². The molecule has 1 rings (SSSR count). The molecule has 0 aliphatic rings. The van der Waals surface area contributed by atoms with E-state index in [1.54, 1.807) is 11.3 Å². The summed E-state index contributed by atoms with van der Waals surface area (Å²) in [4.78, 5) is 24.9. The molecule has 0 bridgehead atoms. The average Bonchev–Trinajstić information content (AvgIpc) is 2.75. The Balaban J connectivity index is 2.46. The lowest BCUT2D eigenvalue weighted by Crippen LogP contribution is -2.44. The fourth-order valence-corrected chi connectivity index (χ4v) is 1.85. The molecule has 0 aromatic carbocycles. The molecule has 0 spiro atoms. The van der Waals surface area contributed by atoms with Gasteiger partial charge in [0.2, 0.25) is 5.91 Å². The van der Waals surface area contributed by atoms with Crippen molar-refractivity contribution >= 4 is 23.3 Å². The van der Waals surface area contributed by atoms with Gasteiger partial charge in [0, 0.05) is 24.9 Å². The first-order chi connectivity index (χ1) is 7.65. The Morgan fingerprint density at radius 3 is 2.81 bits per heavy atom. The van der Waals surface area contributed by atoms with Crippen molar-refractivity contribution in [2.75, 3.05) is 13.1 Å². The summed E-state index contributed by atoms with van der Waals surface area (Å²) in [6.45, 7) is 2.29. The van der Waals surface area contributed by atoms with E-state index >= 15 is 0 Å². The molecule has 0 radical (unpaired) electrons. The highest BCUT2D eigenvalue weighted by molar-refractivity contribution is 7.09. The van der Waals surface area contributed by atoms with Crippen LogP contribution in [-0.4, -0.2) is 29.9 Å². The van der Waals surface area contributed by atoms with Crippen LogP contribution in [0.1, 0.15) is 11.8 Å². The zero-order valence-electron chi connectivity index (χ0n) is 9.10. The van der Waals surface area contributed by atoms with Gasteiger partial charge in [0.05, 0.1) is 6.54 Å². The van der Waals surface area contributed by atoms with E-state index in [1.165, 1.54) is 6.92 Å². The van der Waals surface area contributed by atoms with Crippen molar-refractivity contribution in [3.05, 3.63) is 22.4 Å². The van der Waals surface area contributed by atoms with E-state index in [4.69, 9.17) is 5.73 Å². The second-order valence-electron chi connectivity index (χ2n) is 3.20. The van der Waals surface area contributed by atoms with Crippen LogP contribution in [0, 0.1) is 0 Å². The lowest BCUT2D eigenvalue weighted by Gasteiger charge is -2.18. The number of thiophene rings is 1. The van der Waals surface area contributed by atoms with Crippen molar-refractivity contribution in [3.8, 4) is 0 Å². The third kappa shape index (κ3) is 3.63. The van der Waals surface area contributed by atoms with Crippen molar-refractivity contribution < 1.29 is 9.59 Å². The van der Waals surface area contributed by atoms with Gasteiger partial charge < -0.3 is 11.1 Å². The maximum absolute atomic E-state index is 11.6. The van der Waals surface area contributed by atoms with Crippen LogP contribution in [0.15, 0.2) is 17.5 Å². The van der Waals surface area contributed by atoms with Crippen LogP contribution in [0.4, 0.5) is 4.79 Å². The third-order valence-electron chi connectivity index (χ3n) is 1.97. The van der Waals surface area contributed by atoms with Gasteiger partial charge in [-0.3, -0.25) is 9.69 Å². The third-order valence-corrected chi connectivity index (χ3v) is 2.85. The molecular formula is C10H15N3O2S. The molecule has 3 amide bonds. The summed E-state index contributed by atoms with van der Waals surface area (Å²) in [6.07, 6.45) is 0. The van der Waals surface area contributed by atoms with Gasteiger partial charge in [-0.1, -0.05) is 6.07 Å². The fourth-order valence-electron chi connectivity index (χ4n) is 1.20. The Bertz CT molecular complexity index is 351. The number of rotatable bonds is 4. The first kappa shape index (κ1) is 12.7. The zero-order chi connectivity index (χ0) is 12.0. The molecule has 1 heterocycles. The van der Waals surface area contributed by atoms with E-state index in [9.17, 15) is 9.59 Å². The maximum atomic E-state index is 11.6. The van der Waals surface area contributed by atoms with Crippen molar-refractivity contribution in [2.45, 2.75) is 13.5 Å². The van der Waals surface area contributed by atoms with Crippen LogP contribution in [0.2, 0.25) is 0 Å². The highest BCUT2D eigenvalue weighted by Crippen LogP contribution is 2.07. The van der Waals surface area contributed by atoms with E-state index in [2.05, 4.69) is 5.32 Å². The van der Waals surface area contributed by atoms with Crippen LogP contribution in [0.3, 0.4) is 0 Å². The largest absolute Gasteiger partial charge is 0.333 e. The van der Waals surface area contributed by atoms with Gasteiger partial charge in [-0.15, -0.1) is 11.3 Å². The standard InChI is InChI=1S/C10H15N3O2S/c1-8(14)13(5-4-11)10(15)12-7-9-3-2-6-16-9/h2-3,6H,4-5,7,11H2,1H3,(H,12,15). The van der Waals surface area contributed by atoms with Gasteiger partial charge in [-0.25, -0.2) is 4.79 Å². The highest BCUT2D eigenvalue weighted by Gasteiger charge is 2.16. The van der Waals surface area contributed by atoms with Crippen molar-refractivity contribution in [1.82, 2.24) is 10.2 Å². The molecule has 16 heavy (non-hydrogen) atoms. The highest BCUT2D eigenvalue weighted by atomic mass is 32.1. The molecule has 3 N–H and O–H groups in total. The molecule has 88 valence electrons. The SMILES string of the molecule is CC(=O)N(CCN)C(=O)NCc1cccs1. The van der Waals surface area contributed by atoms with Crippen LogP contribution < -0.4 is 11.1 Å². The van der Waals surface area contributed by atoms with Gasteiger partial charge in [0.15, 0.2) is 0 Å². The Labute approximate surface area is 98.2 Å². The second kappa shape index (κ2) is 6.24. The van der Waals surface area contributed by atoms with Crippen LogP contribution in [0.25, 0.3) is 0 Å². The van der Waals surface area contributed by atoms with Gasteiger partial charge in [-0.05, 0) is 11.4 Å². The number of hydrogen-bond acceptors (Lipinski definition) is 4. The molecule has 5 nitrogen and oxygen atoms in total. The van der Waals surface area contributed by atoms with Crippen LogP contribution in [-0.2, 0) is 11.3 Å². The molecule has 0 unspecified atom stereocenters. The predicted octanol–water partition coefficient (Wildman–Crippen LogP) is 0.765. The number of nitrogens with one attached hydrogen (secondary N) is 1. The minimum Gasteiger partial charge on any atom is -0.333 e. The molecule has 0 fully saturated rings. The smallest absolute Gasteiger partial charge is 0.324 e. The van der Waals surface area contributed by atoms with E-state index in [0.717, 1.165) is 9.78 Å². The lowest BCUT2D eigenvalue weighted by molar-refractivity contribution is -0.125. The minimum absolute atomic E-state index is 0.242. The number of imide groups is 1. The Hall–Kier alpha value is -1.40. The Kier molecular flexibility index (Phi) is 4.94. The maximum Gasteiger partial charge on any atom is 0.324 e. The molecule has 0 saturated carbocycles. The van der Waals surface area contributed by atoms with Crippen molar-refractivity contribution in [2.24, 2.45) is 5.73 Å². The summed E-state index contributed by atoms with van der Waals surface area (Å²) >= 11 is 1.56. The summed E-state index contributed by atoms with van der Waals surface area (Å²) in [5.41, 5.74) is 5.32. The first-order valence-electron chi connectivity index (χ1n) is 4.93. The number of carbonyl (C=O) groups excluding carboxylic acids is 2. The number of amides is 3. The number of urea groups is 1. The summed E-state index contributed by atoms with van der Waals surface area (Å²) in [5, 5.41) is 4.61. The van der Waals surface area contributed by atoms with Crippen LogP contribution in [0.5, 0.6) is 0 Å². The zero-order valence-corrected chi connectivity index (χ0v) is 9.92. The molecule has 0 aliphatic carbocycles. The summed E-state index contributed by atoms with van der Waals surface area (Å²) in [5.74, 6) is -0.297. The molecule has 6 heteroatoms.